The Labute approximate surface area is 93.7 Å². The molecule has 1 aromatic heterocycles. The number of aryl methyl sites for hydroxylation is 3. The van der Waals surface area contributed by atoms with Crippen molar-refractivity contribution in [1.82, 2.24) is 9.97 Å². The molecule has 0 unspecified atom stereocenters. The van der Waals surface area contributed by atoms with E-state index in [1.54, 1.807) is 0 Å². The van der Waals surface area contributed by atoms with Gasteiger partial charge in [0.1, 0.15) is 0 Å². The molecule has 3 heteroatoms. The predicted octanol–water partition coefficient (Wildman–Crippen LogP) is 1.65. The van der Waals surface area contributed by atoms with Gasteiger partial charge in [0.15, 0.2) is 0 Å². The summed E-state index contributed by atoms with van der Waals surface area (Å²) in [5.41, 5.74) is 2.04. The fourth-order valence-electron chi connectivity index (χ4n) is 0.597. The Kier molecular flexibility index (Phi) is 7.23. The van der Waals surface area contributed by atoms with Crippen molar-refractivity contribution in [3.05, 3.63) is 30.7 Å². The molecule has 0 aromatic carbocycles. The van der Waals surface area contributed by atoms with E-state index in [-0.39, 0.29) is 40.1 Å². The molecule has 2 nitrogen and oxygen atoms in total. The van der Waals surface area contributed by atoms with Gasteiger partial charge in [-0.15, -0.1) is 5.56 Å². The van der Waals surface area contributed by atoms with Crippen LogP contribution in [-0.4, -0.2) is 9.97 Å². The number of aromatic nitrogens is 2. The maximum atomic E-state index is 4.13. The first-order valence-corrected chi connectivity index (χ1v) is 2.89. The normalized spacial score (nSPS) is 7.91. The minimum absolute atomic E-state index is 0. The summed E-state index contributed by atoms with van der Waals surface area (Å²) in [4.78, 5) is 8.03. The number of nitrogens with zero attached hydrogens (tertiary/aromatic N) is 2. The van der Waals surface area contributed by atoms with Crippen LogP contribution >= 0.6 is 0 Å². The van der Waals surface area contributed by atoms with E-state index in [0.717, 1.165) is 17.1 Å². The maximum absolute atomic E-state index is 4.13. The Morgan fingerprint density at radius 3 is 2.09 bits per heavy atom. The smallest absolute Gasteiger partial charge is 0.373 e. The summed E-state index contributed by atoms with van der Waals surface area (Å²) < 4.78 is 0. The minimum Gasteiger partial charge on any atom is -0.373 e. The van der Waals surface area contributed by atoms with Gasteiger partial charge in [-0.25, -0.2) is 0 Å². The van der Waals surface area contributed by atoms with Gasteiger partial charge in [-0.1, -0.05) is 32.7 Å². The Hall–Kier alpha value is 0.184. The molecular formula is C8H12N2Y+. The molecular weight excluding hydrogens is 213 g/mol. The van der Waals surface area contributed by atoms with Crippen molar-refractivity contribution in [2.45, 2.75) is 20.8 Å². The van der Waals surface area contributed by atoms with Crippen LogP contribution in [0.4, 0.5) is 0 Å². The van der Waals surface area contributed by atoms with Gasteiger partial charge in [-0.2, -0.15) is 0 Å². The van der Waals surface area contributed by atoms with E-state index in [1.165, 1.54) is 0 Å². The molecule has 0 N–H and O–H groups in total. The molecule has 1 heterocycles. The third-order valence-corrected chi connectivity index (χ3v) is 1.26. The van der Waals surface area contributed by atoms with E-state index in [4.69, 9.17) is 0 Å². The topological polar surface area (TPSA) is 25.8 Å². The Morgan fingerprint density at radius 2 is 1.73 bits per heavy atom. The van der Waals surface area contributed by atoms with E-state index < -0.39 is 0 Å². The second kappa shape index (κ2) is 5.79. The van der Waals surface area contributed by atoms with E-state index in [2.05, 4.69) is 16.2 Å². The van der Waals surface area contributed by atoms with Crippen molar-refractivity contribution in [1.29, 1.82) is 0 Å². The van der Waals surface area contributed by atoms with Gasteiger partial charge in [-0.3, -0.25) is 0 Å². The number of hydrogen-bond donors (Lipinski definition) is 0. The molecule has 0 bridgehead atoms. The second-order valence-corrected chi connectivity index (χ2v) is 2.09. The summed E-state index contributed by atoms with van der Waals surface area (Å²) in [6, 6.07) is 0. The molecule has 0 spiro atoms. The van der Waals surface area contributed by atoms with E-state index in [9.17, 15) is 0 Å². The van der Waals surface area contributed by atoms with Crippen molar-refractivity contribution >= 4 is 0 Å². The molecule has 1 rings (SSSR count). The summed E-state index contributed by atoms with van der Waals surface area (Å²) in [7, 11) is 0. The van der Waals surface area contributed by atoms with E-state index in [0.29, 0.717) is 0 Å². The van der Waals surface area contributed by atoms with Crippen molar-refractivity contribution in [3.8, 4) is 0 Å². The molecule has 0 atom stereocenters. The van der Waals surface area contributed by atoms with Crippen LogP contribution in [0.3, 0.4) is 0 Å². The summed E-state index contributed by atoms with van der Waals surface area (Å²) >= 11 is 0. The van der Waals surface area contributed by atoms with Crippen LogP contribution < -0.4 is 0 Å². The quantitative estimate of drug-likeness (QED) is 0.627. The fourth-order valence-corrected chi connectivity index (χ4v) is 0.597. The molecule has 0 amide bonds. The van der Waals surface area contributed by atoms with Gasteiger partial charge < -0.3 is 17.4 Å². The zero-order valence-electron chi connectivity index (χ0n) is 7.47. The molecule has 56 valence electrons. The van der Waals surface area contributed by atoms with Gasteiger partial charge in [0, 0.05) is 5.82 Å². The number of hydrogen-bond acceptors (Lipinski definition) is 2. The van der Waals surface area contributed by atoms with Gasteiger partial charge >= 0.3 is 32.7 Å². The Balaban J connectivity index is 0. The van der Waals surface area contributed by atoms with Gasteiger partial charge in [-0.05, 0) is 0 Å². The van der Waals surface area contributed by atoms with Gasteiger partial charge in [0.05, 0.1) is 0 Å². The van der Waals surface area contributed by atoms with Crippen molar-refractivity contribution < 1.29 is 32.7 Å². The summed E-state index contributed by atoms with van der Waals surface area (Å²) in [6.07, 6.45) is 2.86. The molecule has 0 aliphatic heterocycles. The first kappa shape index (κ1) is 13.8. The molecule has 0 aliphatic rings. The van der Waals surface area contributed by atoms with Crippen LogP contribution in [0, 0.1) is 34.4 Å². The monoisotopic (exact) mass is 225 g/mol. The van der Waals surface area contributed by atoms with Gasteiger partial charge in [0.2, 0.25) is 0 Å². The molecule has 0 saturated heterocycles. The first-order chi connectivity index (χ1) is 4.20. The zero-order valence-corrected chi connectivity index (χ0v) is 10.3. The van der Waals surface area contributed by atoms with Crippen LogP contribution in [0.1, 0.15) is 17.1 Å². The summed E-state index contributed by atoms with van der Waals surface area (Å²) in [5.74, 6) is 0.790. The molecule has 0 aliphatic carbocycles. The van der Waals surface area contributed by atoms with Crippen molar-refractivity contribution in [3.63, 3.8) is 0 Å². The molecule has 0 fully saturated rings. The molecule has 11 heavy (non-hydrogen) atoms. The van der Waals surface area contributed by atoms with Crippen LogP contribution in [0.5, 0.6) is 0 Å². The zero-order chi connectivity index (χ0) is 6.85. The molecule has 0 radical (unpaired) electrons. The summed E-state index contributed by atoms with van der Waals surface area (Å²) in [5, 5.41) is 0. The van der Waals surface area contributed by atoms with E-state index >= 15 is 0 Å². The van der Waals surface area contributed by atoms with Crippen LogP contribution in [0.25, 0.3) is 0 Å². The average Bonchev–Trinajstić information content (AvgIpc) is 1.80. The first-order valence-electron chi connectivity index (χ1n) is 2.89. The maximum Gasteiger partial charge on any atom is 3.00 e. The SMILES string of the molecule is Cc1n[c-]c(C)c(C)n1.[CH3-].[Y+3]. The predicted molar refractivity (Wildman–Crippen MR) is 41.5 cm³/mol. The summed E-state index contributed by atoms with van der Waals surface area (Å²) in [6.45, 7) is 5.78. The molecule has 0 saturated carbocycles. The Morgan fingerprint density at radius 1 is 1.18 bits per heavy atom. The van der Waals surface area contributed by atoms with Crippen LogP contribution in [0.15, 0.2) is 0 Å². The van der Waals surface area contributed by atoms with Crippen LogP contribution in [0.2, 0.25) is 0 Å². The van der Waals surface area contributed by atoms with E-state index in [1.807, 2.05) is 20.8 Å². The number of rotatable bonds is 0. The largest absolute Gasteiger partial charge is 3.00 e. The van der Waals surface area contributed by atoms with Crippen molar-refractivity contribution in [2.24, 2.45) is 0 Å². The third-order valence-electron chi connectivity index (χ3n) is 1.26. The van der Waals surface area contributed by atoms with Crippen LogP contribution in [-0.2, 0) is 32.7 Å². The van der Waals surface area contributed by atoms with Gasteiger partial charge in [0.25, 0.3) is 0 Å². The Bertz CT molecular complexity index is 223. The average molecular weight is 225 g/mol. The second-order valence-electron chi connectivity index (χ2n) is 2.09. The van der Waals surface area contributed by atoms with Crippen molar-refractivity contribution in [2.75, 3.05) is 0 Å². The standard InChI is InChI=1S/C7H9N2.CH3.Y/c1-5-4-8-7(3)9-6(5)2;;/h1-3H3;1H3;/q2*-1;+3. The molecule has 1 aromatic rings. The third kappa shape index (κ3) is 3.92. The fraction of sp³-hybridized carbons (Fsp3) is 0.375. The minimum atomic E-state index is 0.